The van der Waals surface area contributed by atoms with Gasteiger partial charge in [0, 0.05) is 12.1 Å². The lowest BCUT2D eigenvalue weighted by Gasteiger charge is -2.40. The topological polar surface area (TPSA) is 61.8 Å². The predicted molar refractivity (Wildman–Crippen MR) is 110 cm³/mol. The number of allylic oxidation sites excluding steroid dienone is 5. The molecular weight excluding hydrogens is 365 g/mol. The van der Waals surface area contributed by atoms with Crippen LogP contribution >= 0.6 is 7.60 Å². The molecule has 0 fully saturated rings. The van der Waals surface area contributed by atoms with Crippen molar-refractivity contribution in [3.63, 3.8) is 0 Å². The molecule has 7 heteroatoms. The first-order valence-electron chi connectivity index (χ1n) is 9.43. The van der Waals surface area contributed by atoms with E-state index in [1.54, 1.807) is 19.9 Å². The molecule has 0 saturated carbocycles. The molecule has 1 aliphatic rings. The Morgan fingerprint density at radius 2 is 1.54 bits per heavy atom. The summed E-state index contributed by atoms with van der Waals surface area (Å²) in [4.78, 5) is 1.81. The maximum absolute atomic E-state index is 13.6. The number of hydrogen-bond donors (Lipinski definition) is 0. The molecule has 26 heavy (non-hydrogen) atoms. The zero-order valence-electron chi connectivity index (χ0n) is 17.8. The van der Waals surface area contributed by atoms with Crippen molar-refractivity contribution in [2.45, 2.75) is 73.3 Å². The lowest BCUT2D eigenvalue weighted by atomic mass is 10.2. The Morgan fingerprint density at radius 3 is 1.88 bits per heavy atom. The van der Waals surface area contributed by atoms with Gasteiger partial charge in [0.25, 0.3) is 0 Å². The SMILES string of the molecule is CCOP(=O)(OCC)C1=C([Si](C)(C)C)C=C/C1=C(/[O-])N(C(C)C)C(C)C. The summed E-state index contributed by atoms with van der Waals surface area (Å²) < 4.78 is 24.9. The average Bonchev–Trinajstić information content (AvgIpc) is 2.92. The van der Waals surface area contributed by atoms with Crippen LogP contribution in [0.5, 0.6) is 0 Å². The molecule has 0 spiro atoms. The molecule has 0 unspecified atom stereocenters. The van der Waals surface area contributed by atoms with Gasteiger partial charge in [-0.25, -0.2) is 0 Å². The third-order valence-electron chi connectivity index (χ3n) is 4.18. The van der Waals surface area contributed by atoms with E-state index in [-0.39, 0.29) is 31.2 Å². The Labute approximate surface area is 160 Å². The van der Waals surface area contributed by atoms with E-state index in [1.807, 2.05) is 38.7 Å². The van der Waals surface area contributed by atoms with E-state index in [2.05, 4.69) is 19.6 Å². The Balaban J connectivity index is 3.73. The fraction of sp³-hybridized carbons (Fsp3) is 0.684. The standard InChI is InChI=1S/C19H36NO4PSi/c1-10-23-25(22,24-11-2)18-16(12-13-17(18)26(7,8)9)19(21)20(14(3)4)15(5)6/h12-15,21H,10-11H2,1-9H3/p-1/b19-16-. The quantitative estimate of drug-likeness (QED) is 0.320. The summed E-state index contributed by atoms with van der Waals surface area (Å²) in [6.45, 7) is 18.6. The van der Waals surface area contributed by atoms with Gasteiger partial charge in [-0.15, -0.1) is 0 Å². The second-order valence-electron chi connectivity index (χ2n) is 7.99. The van der Waals surface area contributed by atoms with Gasteiger partial charge >= 0.3 is 7.60 Å². The molecule has 0 saturated heterocycles. The van der Waals surface area contributed by atoms with Crippen LogP contribution in [0.15, 0.2) is 34.1 Å². The Morgan fingerprint density at radius 1 is 1.08 bits per heavy atom. The summed E-state index contributed by atoms with van der Waals surface area (Å²) in [5.41, 5.74) is 0.454. The van der Waals surface area contributed by atoms with Gasteiger partial charge in [-0.2, -0.15) is 0 Å². The zero-order chi connectivity index (χ0) is 20.3. The summed E-state index contributed by atoms with van der Waals surface area (Å²) in [7, 11) is -5.43. The molecule has 1 aliphatic carbocycles. The van der Waals surface area contributed by atoms with Gasteiger partial charge in [-0.3, -0.25) is 4.57 Å². The molecule has 150 valence electrons. The van der Waals surface area contributed by atoms with Crippen molar-refractivity contribution in [1.82, 2.24) is 4.90 Å². The molecule has 0 radical (unpaired) electrons. The van der Waals surface area contributed by atoms with Gasteiger partial charge in [0.15, 0.2) is 0 Å². The van der Waals surface area contributed by atoms with Crippen molar-refractivity contribution in [2.75, 3.05) is 13.2 Å². The summed E-state index contributed by atoms with van der Waals surface area (Å²) in [5.74, 6) is -0.117. The Kier molecular flexibility index (Phi) is 7.97. The van der Waals surface area contributed by atoms with Crippen molar-refractivity contribution < 1.29 is 18.7 Å². The van der Waals surface area contributed by atoms with E-state index in [0.717, 1.165) is 5.20 Å². The molecule has 0 aromatic heterocycles. The molecule has 0 bridgehead atoms. The molecule has 1 rings (SSSR count). The van der Waals surface area contributed by atoms with Crippen LogP contribution in [0.2, 0.25) is 19.6 Å². The third kappa shape index (κ3) is 4.92. The van der Waals surface area contributed by atoms with Gasteiger partial charge in [-0.05, 0) is 58.2 Å². The van der Waals surface area contributed by atoms with Gasteiger partial charge in [0.1, 0.15) is 0 Å². The molecule has 5 nitrogen and oxygen atoms in total. The van der Waals surface area contributed by atoms with E-state index in [9.17, 15) is 9.67 Å². The minimum absolute atomic E-state index is 0.0409. The molecular formula is C19H35NO4PSi-. The molecule has 0 aliphatic heterocycles. The number of nitrogens with zero attached hydrogens (tertiary/aromatic N) is 1. The fourth-order valence-electron chi connectivity index (χ4n) is 3.25. The van der Waals surface area contributed by atoms with Crippen LogP contribution in [0.25, 0.3) is 0 Å². The molecule has 0 heterocycles. The van der Waals surface area contributed by atoms with Crippen LogP contribution < -0.4 is 5.11 Å². The normalized spacial score (nSPS) is 17.7. The first-order chi connectivity index (χ1) is 11.9. The third-order valence-corrected chi connectivity index (χ3v) is 8.65. The van der Waals surface area contributed by atoms with Crippen molar-refractivity contribution in [3.8, 4) is 0 Å². The number of rotatable bonds is 9. The van der Waals surface area contributed by atoms with Gasteiger partial charge < -0.3 is 19.1 Å². The first-order valence-corrected chi connectivity index (χ1v) is 14.5. The monoisotopic (exact) mass is 400 g/mol. The smallest absolute Gasteiger partial charge is 0.361 e. The van der Waals surface area contributed by atoms with Gasteiger partial charge in [0.2, 0.25) is 0 Å². The molecule has 0 N–H and O–H groups in total. The highest BCUT2D eigenvalue weighted by Crippen LogP contribution is 2.62. The van der Waals surface area contributed by atoms with Crippen LogP contribution in [0, 0.1) is 0 Å². The van der Waals surface area contributed by atoms with Crippen molar-refractivity contribution in [2.24, 2.45) is 0 Å². The first kappa shape index (κ1) is 23.2. The fourth-order valence-corrected chi connectivity index (χ4v) is 7.95. The Bertz CT molecular complexity index is 626. The highest BCUT2D eigenvalue weighted by atomic mass is 31.2. The lowest BCUT2D eigenvalue weighted by molar-refractivity contribution is -0.338. The van der Waals surface area contributed by atoms with Crippen LogP contribution in [0.4, 0.5) is 0 Å². The second-order valence-corrected chi connectivity index (χ2v) is 15.0. The Hall–Kier alpha value is -0.813. The largest absolute Gasteiger partial charge is 0.860 e. The van der Waals surface area contributed by atoms with E-state index in [0.29, 0.717) is 10.9 Å². The zero-order valence-corrected chi connectivity index (χ0v) is 19.6. The minimum Gasteiger partial charge on any atom is -0.860 e. The average molecular weight is 401 g/mol. The molecule has 0 aromatic carbocycles. The van der Waals surface area contributed by atoms with Gasteiger partial charge in [0.05, 0.1) is 26.6 Å². The van der Waals surface area contributed by atoms with E-state index >= 15 is 0 Å². The van der Waals surface area contributed by atoms with Gasteiger partial charge in [-0.1, -0.05) is 31.8 Å². The maximum atomic E-state index is 13.6. The van der Waals surface area contributed by atoms with Crippen LogP contribution in [-0.4, -0.2) is 38.3 Å². The summed E-state index contributed by atoms with van der Waals surface area (Å²) in [5, 5.41) is 14.8. The lowest BCUT2D eigenvalue weighted by Crippen LogP contribution is -2.41. The van der Waals surface area contributed by atoms with Crippen molar-refractivity contribution >= 4 is 15.7 Å². The van der Waals surface area contributed by atoms with Crippen LogP contribution in [0.3, 0.4) is 0 Å². The van der Waals surface area contributed by atoms with Crippen molar-refractivity contribution in [1.29, 1.82) is 0 Å². The summed E-state index contributed by atoms with van der Waals surface area (Å²) in [6, 6.07) is 0.0818. The molecule has 0 atom stereocenters. The molecule has 0 amide bonds. The van der Waals surface area contributed by atoms with E-state index in [1.165, 1.54) is 0 Å². The van der Waals surface area contributed by atoms with Crippen LogP contribution in [0.1, 0.15) is 41.5 Å². The number of hydrogen-bond acceptors (Lipinski definition) is 5. The summed E-state index contributed by atoms with van der Waals surface area (Å²) >= 11 is 0. The highest BCUT2D eigenvalue weighted by Gasteiger charge is 2.40. The summed E-state index contributed by atoms with van der Waals surface area (Å²) in [6.07, 6.45) is 3.74. The molecule has 0 aromatic rings. The minimum atomic E-state index is -3.56. The van der Waals surface area contributed by atoms with E-state index in [4.69, 9.17) is 9.05 Å². The predicted octanol–water partition coefficient (Wildman–Crippen LogP) is 4.64. The maximum Gasteiger partial charge on any atom is 0.361 e. The van der Waals surface area contributed by atoms with E-state index < -0.39 is 15.7 Å². The highest BCUT2D eigenvalue weighted by molar-refractivity contribution is 7.59. The van der Waals surface area contributed by atoms with Crippen molar-refractivity contribution in [3.05, 3.63) is 34.1 Å². The second kappa shape index (κ2) is 8.92. The van der Waals surface area contributed by atoms with Crippen LogP contribution in [-0.2, 0) is 13.6 Å².